The molecular weight excluding hydrogens is 310 g/mol. The van der Waals surface area contributed by atoms with Gasteiger partial charge in [-0.05, 0) is 44.9 Å². The lowest BCUT2D eigenvalue weighted by Crippen LogP contribution is -2.27. The first-order valence-corrected chi connectivity index (χ1v) is 9.02. The minimum absolute atomic E-state index is 0.441. The second-order valence-electron chi connectivity index (χ2n) is 5.99. The highest BCUT2D eigenvalue weighted by molar-refractivity contribution is 5.92. The van der Waals surface area contributed by atoms with Crippen molar-refractivity contribution < 1.29 is 9.53 Å². The SMILES string of the molecule is CC.CC.Cc1ccccc1-c1ccccc1NC(=O)OC(C)(C)C. The molecule has 0 fully saturated rings. The highest BCUT2D eigenvalue weighted by Crippen LogP contribution is 2.30. The van der Waals surface area contributed by atoms with Gasteiger partial charge in [0.25, 0.3) is 0 Å². The normalized spacial score (nSPS) is 9.76. The van der Waals surface area contributed by atoms with Gasteiger partial charge in [-0.25, -0.2) is 4.79 Å². The van der Waals surface area contributed by atoms with E-state index in [9.17, 15) is 4.79 Å². The molecule has 3 heteroatoms. The molecule has 2 rings (SSSR count). The van der Waals surface area contributed by atoms with Crippen LogP contribution in [0.5, 0.6) is 0 Å². The third-order valence-electron chi connectivity index (χ3n) is 3.00. The average molecular weight is 344 g/mol. The van der Waals surface area contributed by atoms with Crippen molar-refractivity contribution in [1.82, 2.24) is 0 Å². The summed E-state index contributed by atoms with van der Waals surface area (Å²) in [6.07, 6.45) is -0.441. The molecule has 2 aromatic rings. The number of carbonyl (C=O) groups excluding carboxylic acids is 1. The summed E-state index contributed by atoms with van der Waals surface area (Å²) in [5, 5.41) is 2.83. The van der Waals surface area contributed by atoms with Crippen LogP contribution in [0.4, 0.5) is 10.5 Å². The molecule has 0 saturated carbocycles. The highest BCUT2D eigenvalue weighted by Gasteiger charge is 2.17. The van der Waals surface area contributed by atoms with Gasteiger partial charge in [-0.2, -0.15) is 0 Å². The van der Waals surface area contributed by atoms with E-state index in [1.54, 1.807) is 0 Å². The molecule has 0 bridgehead atoms. The third-order valence-corrected chi connectivity index (χ3v) is 3.00. The molecule has 1 N–H and O–H groups in total. The van der Waals surface area contributed by atoms with Crippen LogP contribution in [0.25, 0.3) is 11.1 Å². The van der Waals surface area contributed by atoms with Crippen LogP contribution in [0, 0.1) is 6.92 Å². The van der Waals surface area contributed by atoms with Crippen molar-refractivity contribution in [3.8, 4) is 11.1 Å². The van der Waals surface area contributed by atoms with Crippen LogP contribution in [0.3, 0.4) is 0 Å². The van der Waals surface area contributed by atoms with Crippen LogP contribution in [-0.4, -0.2) is 11.7 Å². The Morgan fingerprint density at radius 1 is 0.840 bits per heavy atom. The first-order valence-electron chi connectivity index (χ1n) is 9.02. The Balaban J connectivity index is 0.00000134. The van der Waals surface area contributed by atoms with Crippen LogP contribution >= 0.6 is 0 Å². The zero-order valence-electron chi connectivity index (χ0n) is 16.9. The fourth-order valence-corrected chi connectivity index (χ4v) is 2.12. The van der Waals surface area contributed by atoms with E-state index in [1.165, 1.54) is 0 Å². The number of rotatable bonds is 2. The van der Waals surface area contributed by atoms with E-state index in [2.05, 4.69) is 18.3 Å². The van der Waals surface area contributed by atoms with E-state index in [0.29, 0.717) is 0 Å². The Labute approximate surface area is 153 Å². The van der Waals surface area contributed by atoms with E-state index in [0.717, 1.165) is 22.4 Å². The topological polar surface area (TPSA) is 38.3 Å². The Morgan fingerprint density at radius 2 is 1.32 bits per heavy atom. The van der Waals surface area contributed by atoms with Crippen LogP contribution in [0.15, 0.2) is 48.5 Å². The predicted molar refractivity (Wildman–Crippen MR) is 109 cm³/mol. The quantitative estimate of drug-likeness (QED) is 0.633. The van der Waals surface area contributed by atoms with Gasteiger partial charge in [0.2, 0.25) is 0 Å². The van der Waals surface area contributed by atoms with Gasteiger partial charge in [0, 0.05) is 5.56 Å². The Bertz CT molecular complexity index is 642. The van der Waals surface area contributed by atoms with Gasteiger partial charge in [0.15, 0.2) is 0 Å². The number of benzene rings is 2. The molecule has 2 aromatic carbocycles. The standard InChI is InChI=1S/C18H21NO2.2C2H6/c1-13-9-5-6-10-14(13)15-11-7-8-12-16(15)19-17(20)21-18(2,3)4;2*1-2/h5-12H,1-4H3,(H,19,20);2*1-2H3. The summed E-state index contributed by atoms with van der Waals surface area (Å²) in [6.45, 7) is 15.6. The minimum Gasteiger partial charge on any atom is -0.444 e. The maximum Gasteiger partial charge on any atom is 0.412 e. The van der Waals surface area contributed by atoms with Gasteiger partial charge in [-0.3, -0.25) is 5.32 Å². The van der Waals surface area contributed by atoms with Crippen molar-refractivity contribution in [1.29, 1.82) is 0 Å². The monoisotopic (exact) mass is 343 g/mol. The minimum atomic E-state index is -0.512. The maximum absolute atomic E-state index is 12.0. The second kappa shape index (κ2) is 11.3. The summed E-state index contributed by atoms with van der Waals surface area (Å²) < 4.78 is 5.31. The average Bonchev–Trinajstić information content (AvgIpc) is 2.58. The van der Waals surface area contributed by atoms with Crippen LogP contribution in [-0.2, 0) is 4.74 Å². The molecule has 0 aromatic heterocycles. The lowest BCUT2D eigenvalue weighted by Gasteiger charge is -2.20. The summed E-state index contributed by atoms with van der Waals surface area (Å²) in [5.74, 6) is 0. The molecule has 138 valence electrons. The van der Waals surface area contributed by atoms with Crippen LogP contribution in [0.2, 0.25) is 0 Å². The van der Waals surface area contributed by atoms with E-state index < -0.39 is 11.7 Å². The zero-order chi connectivity index (χ0) is 19.5. The Kier molecular flexibility index (Phi) is 10.3. The molecule has 0 heterocycles. The molecule has 3 nitrogen and oxygen atoms in total. The first-order chi connectivity index (χ1) is 11.9. The molecule has 0 aliphatic rings. The Hall–Kier alpha value is -2.29. The number of hydrogen-bond donors (Lipinski definition) is 1. The second-order valence-corrected chi connectivity index (χ2v) is 5.99. The maximum atomic E-state index is 12.0. The molecule has 0 aliphatic carbocycles. The predicted octanol–water partition coefficient (Wildman–Crippen LogP) is 7.06. The van der Waals surface area contributed by atoms with Crippen LogP contribution < -0.4 is 5.32 Å². The van der Waals surface area contributed by atoms with Crippen molar-refractivity contribution in [2.75, 3.05) is 5.32 Å². The van der Waals surface area contributed by atoms with Gasteiger partial charge >= 0.3 is 6.09 Å². The van der Waals surface area contributed by atoms with Crippen molar-refractivity contribution >= 4 is 11.8 Å². The van der Waals surface area contributed by atoms with E-state index >= 15 is 0 Å². The fourth-order valence-electron chi connectivity index (χ4n) is 2.12. The molecular formula is C22H33NO2. The van der Waals surface area contributed by atoms with Crippen LogP contribution in [0.1, 0.15) is 54.0 Å². The number of nitrogens with one attached hydrogen (secondary N) is 1. The fraction of sp³-hybridized carbons (Fsp3) is 0.409. The van der Waals surface area contributed by atoms with Gasteiger partial charge in [-0.15, -0.1) is 0 Å². The van der Waals surface area contributed by atoms with Crippen molar-refractivity contribution in [2.24, 2.45) is 0 Å². The lowest BCUT2D eigenvalue weighted by molar-refractivity contribution is 0.0636. The lowest BCUT2D eigenvalue weighted by atomic mass is 9.99. The molecule has 0 atom stereocenters. The number of carbonyl (C=O) groups is 1. The first kappa shape index (κ1) is 22.7. The number of amides is 1. The van der Waals surface area contributed by atoms with Gasteiger partial charge in [0.1, 0.15) is 5.60 Å². The summed E-state index contributed by atoms with van der Waals surface area (Å²) in [7, 11) is 0. The number of para-hydroxylation sites is 1. The van der Waals surface area contributed by atoms with Crippen molar-refractivity contribution in [2.45, 2.75) is 61.0 Å². The number of anilines is 1. The van der Waals surface area contributed by atoms with E-state index in [-0.39, 0.29) is 0 Å². The van der Waals surface area contributed by atoms with Crippen molar-refractivity contribution in [3.63, 3.8) is 0 Å². The molecule has 25 heavy (non-hydrogen) atoms. The summed E-state index contributed by atoms with van der Waals surface area (Å²) in [6, 6.07) is 15.8. The van der Waals surface area contributed by atoms with Gasteiger partial charge in [-0.1, -0.05) is 70.2 Å². The number of aryl methyl sites for hydroxylation is 1. The third kappa shape index (κ3) is 7.88. The molecule has 0 saturated heterocycles. The van der Waals surface area contributed by atoms with Crippen molar-refractivity contribution in [3.05, 3.63) is 54.1 Å². The molecule has 0 radical (unpaired) electrons. The summed E-state index contributed by atoms with van der Waals surface area (Å²) >= 11 is 0. The molecule has 0 aliphatic heterocycles. The smallest absolute Gasteiger partial charge is 0.412 e. The molecule has 0 unspecified atom stereocenters. The van der Waals surface area contributed by atoms with Gasteiger partial charge in [0.05, 0.1) is 5.69 Å². The largest absolute Gasteiger partial charge is 0.444 e. The zero-order valence-corrected chi connectivity index (χ0v) is 16.9. The number of ether oxygens (including phenoxy) is 1. The summed E-state index contributed by atoms with van der Waals surface area (Å²) in [5.41, 5.74) is 3.49. The highest BCUT2D eigenvalue weighted by atomic mass is 16.6. The molecule has 1 amide bonds. The van der Waals surface area contributed by atoms with E-state index in [1.807, 2.05) is 90.9 Å². The van der Waals surface area contributed by atoms with E-state index in [4.69, 9.17) is 4.74 Å². The van der Waals surface area contributed by atoms with Gasteiger partial charge < -0.3 is 4.74 Å². The Morgan fingerprint density at radius 3 is 1.84 bits per heavy atom. The molecule has 0 spiro atoms. The summed E-state index contributed by atoms with van der Waals surface area (Å²) in [4.78, 5) is 12.0. The number of hydrogen-bond acceptors (Lipinski definition) is 2.